The third-order valence-corrected chi connectivity index (χ3v) is 4.37. The number of hydrogen-bond donors (Lipinski definition) is 2. The molecule has 0 aliphatic carbocycles. The van der Waals surface area contributed by atoms with Gasteiger partial charge in [-0.2, -0.15) is 11.3 Å². The van der Waals surface area contributed by atoms with Crippen LogP contribution in [0.4, 0.5) is 0 Å². The van der Waals surface area contributed by atoms with Gasteiger partial charge in [-0.15, -0.1) is 0 Å². The molecule has 1 amide bonds. The zero-order valence-corrected chi connectivity index (χ0v) is 11.7. The molecule has 100 valence electrons. The van der Waals surface area contributed by atoms with Crippen molar-refractivity contribution >= 4 is 17.2 Å². The molecule has 1 aromatic rings. The molecule has 3 unspecified atom stereocenters. The summed E-state index contributed by atoms with van der Waals surface area (Å²) < 4.78 is 0. The average Bonchev–Trinajstić information content (AvgIpc) is 2.88. The molecular formula is C13H21N3OS. The molecular weight excluding hydrogens is 246 g/mol. The molecule has 1 aliphatic rings. The van der Waals surface area contributed by atoms with Crippen LogP contribution in [0.1, 0.15) is 31.9 Å². The van der Waals surface area contributed by atoms with E-state index in [4.69, 9.17) is 5.73 Å². The first-order chi connectivity index (χ1) is 8.65. The van der Waals surface area contributed by atoms with Gasteiger partial charge in [0.2, 0.25) is 5.91 Å². The first-order valence-corrected chi connectivity index (χ1v) is 7.40. The molecule has 0 spiro atoms. The van der Waals surface area contributed by atoms with Crippen LogP contribution in [-0.4, -0.2) is 36.0 Å². The summed E-state index contributed by atoms with van der Waals surface area (Å²) in [6.07, 6.45) is 0.908. The second-order valence-electron chi connectivity index (χ2n) is 4.78. The third kappa shape index (κ3) is 2.58. The van der Waals surface area contributed by atoms with Crippen molar-refractivity contribution in [1.29, 1.82) is 0 Å². The van der Waals surface area contributed by atoms with Crippen molar-refractivity contribution in [3.05, 3.63) is 22.4 Å². The van der Waals surface area contributed by atoms with Crippen molar-refractivity contribution in [3.8, 4) is 0 Å². The lowest BCUT2D eigenvalue weighted by atomic mass is 9.96. The summed E-state index contributed by atoms with van der Waals surface area (Å²) in [7, 11) is 0. The van der Waals surface area contributed by atoms with E-state index in [1.165, 1.54) is 5.56 Å². The first kappa shape index (κ1) is 13.5. The summed E-state index contributed by atoms with van der Waals surface area (Å²) in [6.45, 7) is 5.62. The minimum Gasteiger partial charge on any atom is -0.353 e. The Morgan fingerprint density at radius 3 is 3.06 bits per heavy atom. The molecule has 5 heteroatoms. The van der Waals surface area contributed by atoms with E-state index in [9.17, 15) is 4.79 Å². The predicted octanol–water partition coefficient (Wildman–Crippen LogP) is 1.35. The molecule has 1 fully saturated rings. The van der Waals surface area contributed by atoms with Gasteiger partial charge in [-0.05, 0) is 35.7 Å². The summed E-state index contributed by atoms with van der Waals surface area (Å²) in [6, 6.07) is 2.21. The second kappa shape index (κ2) is 5.82. The Labute approximate surface area is 112 Å². The Hall–Kier alpha value is -0.910. The van der Waals surface area contributed by atoms with Gasteiger partial charge in [-0.25, -0.2) is 0 Å². The lowest BCUT2D eigenvalue weighted by molar-refractivity contribution is -0.129. The molecule has 18 heavy (non-hydrogen) atoms. The molecule has 3 atom stereocenters. The van der Waals surface area contributed by atoms with Gasteiger partial charge in [0, 0.05) is 19.1 Å². The third-order valence-electron chi connectivity index (χ3n) is 3.67. The van der Waals surface area contributed by atoms with E-state index in [0.29, 0.717) is 6.54 Å². The van der Waals surface area contributed by atoms with Gasteiger partial charge in [0.05, 0.1) is 12.1 Å². The molecule has 3 N–H and O–H groups in total. The van der Waals surface area contributed by atoms with Crippen LogP contribution in [0, 0.1) is 0 Å². The highest BCUT2D eigenvalue weighted by molar-refractivity contribution is 7.07. The van der Waals surface area contributed by atoms with Crippen LogP contribution < -0.4 is 11.1 Å². The largest absolute Gasteiger partial charge is 0.353 e. The van der Waals surface area contributed by atoms with E-state index >= 15 is 0 Å². The smallest absolute Gasteiger partial charge is 0.237 e. The number of carbonyl (C=O) groups is 1. The molecule has 1 aromatic heterocycles. The van der Waals surface area contributed by atoms with Crippen molar-refractivity contribution in [3.63, 3.8) is 0 Å². The van der Waals surface area contributed by atoms with Gasteiger partial charge < -0.3 is 11.1 Å². The normalized spacial score (nSPS) is 24.6. The molecule has 0 aromatic carbocycles. The summed E-state index contributed by atoms with van der Waals surface area (Å²) in [5.74, 6) is 0.102. The van der Waals surface area contributed by atoms with Gasteiger partial charge in [0.15, 0.2) is 0 Å². The summed E-state index contributed by atoms with van der Waals surface area (Å²) in [5.41, 5.74) is 7.51. The number of carbonyl (C=O) groups excluding carboxylic acids is 1. The fraction of sp³-hybridized carbons (Fsp3) is 0.615. The lowest BCUT2D eigenvalue weighted by Crippen LogP contribution is -2.57. The predicted molar refractivity (Wildman–Crippen MR) is 74.5 cm³/mol. The van der Waals surface area contributed by atoms with Gasteiger partial charge >= 0.3 is 0 Å². The van der Waals surface area contributed by atoms with E-state index < -0.39 is 0 Å². The molecule has 0 radical (unpaired) electrons. The highest BCUT2D eigenvalue weighted by Gasteiger charge is 2.34. The van der Waals surface area contributed by atoms with Crippen LogP contribution in [0.2, 0.25) is 0 Å². The number of piperazine rings is 1. The molecule has 1 saturated heterocycles. The molecule has 2 rings (SSSR count). The Balaban J connectivity index is 2.26. The quantitative estimate of drug-likeness (QED) is 0.865. The van der Waals surface area contributed by atoms with Crippen molar-refractivity contribution in [1.82, 2.24) is 10.2 Å². The molecule has 0 bridgehead atoms. The Morgan fingerprint density at radius 1 is 1.67 bits per heavy atom. The van der Waals surface area contributed by atoms with Crippen LogP contribution in [0.5, 0.6) is 0 Å². The number of thiophene rings is 1. The number of nitrogens with two attached hydrogens (primary N) is 1. The van der Waals surface area contributed by atoms with Crippen LogP contribution in [0.15, 0.2) is 16.8 Å². The standard InChI is InChI=1S/C13H21N3OS/c1-3-11(14)12(10-4-7-18-8-10)16-6-5-15-13(17)9(16)2/h4,7-9,11-12H,3,5-6,14H2,1-2H3,(H,15,17). The van der Waals surface area contributed by atoms with Gasteiger partial charge in [0.1, 0.15) is 0 Å². The second-order valence-corrected chi connectivity index (χ2v) is 5.56. The highest BCUT2D eigenvalue weighted by Crippen LogP contribution is 2.29. The topological polar surface area (TPSA) is 58.4 Å². The fourth-order valence-corrected chi connectivity index (χ4v) is 3.22. The van der Waals surface area contributed by atoms with E-state index in [1.807, 2.05) is 6.92 Å². The Kier molecular flexibility index (Phi) is 4.37. The van der Waals surface area contributed by atoms with Crippen LogP contribution in [0.25, 0.3) is 0 Å². The number of nitrogens with zero attached hydrogens (tertiary/aromatic N) is 1. The minimum absolute atomic E-state index is 0.0629. The van der Waals surface area contributed by atoms with E-state index in [0.717, 1.165) is 13.0 Å². The average molecular weight is 267 g/mol. The minimum atomic E-state index is -0.110. The van der Waals surface area contributed by atoms with Crippen LogP contribution in [0.3, 0.4) is 0 Å². The van der Waals surface area contributed by atoms with E-state index in [1.54, 1.807) is 11.3 Å². The molecule has 1 aliphatic heterocycles. The zero-order chi connectivity index (χ0) is 13.1. The van der Waals surface area contributed by atoms with Crippen molar-refractivity contribution in [2.75, 3.05) is 13.1 Å². The van der Waals surface area contributed by atoms with Crippen molar-refractivity contribution in [2.45, 2.75) is 38.4 Å². The van der Waals surface area contributed by atoms with Gasteiger partial charge in [-0.1, -0.05) is 6.92 Å². The maximum Gasteiger partial charge on any atom is 0.237 e. The lowest BCUT2D eigenvalue weighted by Gasteiger charge is -2.41. The molecule has 0 saturated carbocycles. The van der Waals surface area contributed by atoms with Crippen molar-refractivity contribution < 1.29 is 4.79 Å². The van der Waals surface area contributed by atoms with E-state index in [-0.39, 0.29) is 24.0 Å². The summed E-state index contributed by atoms with van der Waals surface area (Å²) >= 11 is 1.68. The molecule has 4 nitrogen and oxygen atoms in total. The van der Waals surface area contributed by atoms with Gasteiger partial charge in [0.25, 0.3) is 0 Å². The van der Waals surface area contributed by atoms with Crippen molar-refractivity contribution in [2.24, 2.45) is 5.73 Å². The number of hydrogen-bond acceptors (Lipinski definition) is 4. The maximum absolute atomic E-state index is 11.8. The zero-order valence-electron chi connectivity index (χ0n) is 10.9. The monoisotopic (exact) mass is 267 g/mol. The van der Waals surface area contributed by atoms with E-state index in [2.05, 4.69) is 34.0 Å². The summed E-state index contributed by atoms with van der Waals surface area (Å²) in [4.78, 5) is 14.0. The fourth-order valence-electron chi connectivity index (χ4n) is 2.53. The SMILES string of the molecule is CCC(N)C(c1ccsc1)N1CCNC(=O)C1C. The number of rotatable bonds is 4. The summed E-state index contributed by atoms with van der Waals surface area (Å²) in [5, 5.41) is 7.11. The first-order valence-electron chi connectivity index (χ1n) is 6.46. The van der Waals surface area contributed by atoms with Gasteiger partial charge in [-0.3, -0.25) is 9.69 Å². The number of nitrogens with one attached hydrogen (secondary N) is 1. The maximum atomic E-state index is 11.8. The Morgan fingerprint density at radius 2 is 2.44 bits per heavy atom. The molecule has 2 heterocycles. The van der Waals surface area contributed by atoms with Crippen LogP contribution >= 0.6 is 11.3 Å². The Bertz CT molecular complexity index is 393. The number of amides is 1. The van der Waals surface area contributed by atoms with Crippen LogP contribution in [-0.2, 0) is 4.79 Å². The highest BCUT2D eigenvalue weighted by atomic mass is 32.1.